The Bertz CT molecular complexity index is 514. The van der Waals surface area contributed by atoms with E-state index in [1.807, 2.05) is 30.1 Å². The van der Waals surface area contributed by atoms with Crippen LogP contribution in [0.25, 0.3) is 0 Å². The lowest BCUT2D eigenvalue weighted by Crippen LogP contribution is -2.16. The molecule has 4 heteroatoms. The van der Waals surface area contributed by atoms with Crippen molar-refractivity contribution >= 4 is 5.69 Å². The smallest absolute Gasteiger partial charge is 0.129 e. The van der Waals surface area contributed by atoms with Crippen molar-refractivity contribution in [3.8, 4) is 0 Å². The van der Waals surface area contributed by atoms with E-state index in [0.29, 0.717) is 12.1 Å². The van der Waals surface area contributed by atoms with Crippen molar-refractivity contribution in [2.45, 2.75) is 13.1 Å². The zero-order chi connectivity index (χ0) is 13.0. The summed E-state index contributed by atoms with van der Waals surface area (Å²) >= 11 is 0. The maximum absolute atomic E-state index is 13.6. The number of halogens is 1. The van der Waals surface area contributed by atoms with Crippen molar-refractivity contribution in [1.29, 1.82) is 0 Å². The van der Waals surface area contributed by atoms with Crippen LogP contribution in [-0.4, -0.2) is 12.0 Å². The summed E-state index contributed by atoms with van der Waals surface area (Å²) in [4.78, 5) is 5.95. The second-order valence-electron chi connectivity index (χ2n) is 4.19. The average Bonchev–Trinajstić information content (AvgIpc) is 2.39. The second-order valence-corrected chi connectivity index (χ2v) is 4.19. The molecule has 1 aromatic heterocycles. The Labute approximate surface area is 106 Å². The molecule has 2 aromatic rings. The highest BCUT2D eigenvalue weighted by molar-refractivity contribution is 5.48. The topological polar surface area (TPSA) is 42.2 Å². The lowest BCUT2D eigenvalue weighted by molar-refractivity contribution is 0.610. The van der Waals surface area contributed by atoms with E-state index in [1.165, 1.54) is 6.07 Å². The lowest BCUT2D eigenvalue weighted by Gasteiger charge is -2.20. The van der Waals surface area contributed by atoms with Crippen LogP contribution >= 0.6 is 0 Å². The van der Waals surface area contributed by atoms with Crippen molar-refractivity contribution in [2.24, 2.45) is 5.73 Å². The quantitative estimate of drug-likeness (QED) is 0.898. The number of hydrogen-bond donors (Lipinski definition) is 1. The van der Waals surface area contributed by atoms with Crippen molar-refractivity contribution in [3.05, 3.63) is 59.7 Å². The monoisotopic (exact) mass is 245 g/mol. The zero-order valence-electron chi connectivity index (χ0n) is 10.3. The van der Waals surface area contributed by atoms with Crippen LogP contribution in [0.2, 0.25) is 0 Å². The molecule has 0 unspecified atom stereocenters. The number of benzene rings is 1. The lowest BCUT2D eigenvalue weighted by atomic mass is 10.1. The van der Waals surface area contributed by atoms with Gasteiger partial charge < -0.3 is 10.6 Å². The molecule has 0 spiro atoms. The molecule has 94 valence electrons. The van der Waals surface area contributed by atoms with Gasteiger partial charge in [0, 0.05) is 43.8 Å². The summed E-state index contributed by atoms with van der Waals surface area (Å²) in [6.07, 6.45) is 3.50. The van der Waals surface area contributed by atoms with Crippen LogP contribution in [0.15, 0.2) is 42.7 Å². The Morgan fingerprint density at radius 3 is 2.56 bits per heavy atom. The highest BCUT2D eigenvalue weighted by Gasteiger charge is 2.06. The van der Waals surface area contributed by atoms with E-state index < -0.39 is 0 Å². The van der Waals surface area contributed by atoms with Crippen molar-refractivity contribution < 1.29 is 4.39 Å². The first-order valence-corrected chi connectivity index (χ1v) is 5.79. The van der Waals surface area contributed by atoms with Gasteiger partial charge in [0.25, 0.3) is 0 Å². The molecule has 3 nitrogen and oxygen atoms in total. The average molecular weight is 245 g/mol. The Morgan fingerprint density at radius 2 is 1.94 bits per heavy atom. The number of anilines is 1. The summed E-state index contributed by atoms with van der Waals surface area (Å²) in [6.45, 7) is 0.935. The molecule has 0 amide bonds. The zero-order valence-corrected chi connectivity index (χ0v) is 10.3. The number of nitrogens with zero attached hydrogens (tertiary/aromatic N) is 2. The van der Waals surface area contributed by atoms with E-state index in [9.17, 15) is 4.39 Å². The molecule has 2 rings (SSSR count). The van der Waals surface area contributed by atoms with Gasteiger partial charge in [-0.3, -0.25) is 4.98 Å². The van der Waals surface area contributed by atoms with Crippen LogP contribution in [0, 0.1) is 5.82 Å². The van der Waals surface area contributed by atoms with Gasteiger partial charge in [-0.15, -0.1) is 0 Å². The first-order valence-electron chi connectivity index (χ1n) is 5.79. The summed E-state index contributed by atoms with van der Waals surface area (Å²) < 4.78 is 13.6. The van der Waals surface area contributed by atoms with Gasteiger partial charge in [-0.2, -0.15) is 0 Å². The van der Waals surface area contributed by atoms with Gasteiger partial charge >= 0.3 is 0 Å². The molecule has 0 bridgehead atoms. The fraction of sp³-hybridized carbons (Fsp3) is 0.214. The van der Waals surface area contributed by atoms with Gasteiger partial charge in [0.05, 0.1) is 0 Å². The van der Waals surface area contributed by atoms with Crippen molar-refractivity contribution in [3.63, 3.8) is 0 Å². The Balaban J connectivity index is 2.14. The molecular weight excluding hydrogens is 229 g/mol. The molecule has 0 atom stereocenters. The Morgan fingerprint density at radius 1 is 1.22 bits per heavy atom. The summed E-state index contributed by atoms with van der Waals surface area (Å²) in [5.74, 6) is -0.253. The van der Waals surface area contributed by atoms with Crippen LogP contribution in [0.4, 0.5) is 10.1 Å². The summed E-state index contributed by atoms with van der Waals surface area (Å²) in [5.41, 5.74) is 7.95. The fourth-order valence-electron chi connectivity index (χ4n) is 1.79. The van der Waals surface area contributed by atoms with E-state index >= 15 is 0 Å². The molecule has 18 heavy (non-hydrogen) atoms. The molecule has 0 fully saturated rings. The standard InChI is InChI=1S/C14H16FN3/c1-18(10-11-4-6-17-7-5-11)13-3-2-12(9-16)14(15)8-13/h2-8H,9-10,16H2,1H3. The van der Waals surface area contributed by atoms with Crippen LogP contribution in [0.3, 0.4) is 0 Å². The van der Waals surface area contributed by atoms with Crippen LogP contribution in [-0.2, 0) is 13.1 Å². The third kappa shape index (κ3) is 2.84. The first kappa shape index (κ1) is 12.5. The molecule has 1 aromatic carbocycles. The first-order chi connectivity index (χ1) is 8.70. The fourth-order valence-corrected chi connectivity index (χ4v) is 1.79. The molecule has 1 heterocycles. The van der Waals surface area contributed by atoms with Gasteiger partial charge in [-0.05, 0) is 29.8 Å². The third-order valence-corrected chi connectivity index (χ3v) is 2.87. The van der Waals surface area contributed by atoms with E-state index in [0.717, 1.165) is 11.3 Å². The molecular formula is C14H16FN3. The minimum Gasteiger partial charge on any atom is -0.370 e. The van der Waals surface area contributed by atoms with E-state index in [-0.39, 0.29) is 12.4 Å². The van der Waals surface area contributed by atoms with Gasteiger partial charge in [-0.1, -0.05) is 6.07 Å². The van der Waals surface area contributed by atoms with Gasteiger partial charge in [0.15, 0.2) is 0 Å². The predicted octanol–water partition coefficient (Wildman–Crippen LogP) is 2.32. The SMILES string of the molecule is CN(Cc1ccncc1)c1ccc(CN)c(F)c1. The maximum Gasteiger partial charge on any atom is 0.129 e. The largest absolute Gasteiger partial charge is 0.370 e. The Kier molecular flexibility index (Phi) is 3.89. The molecule has 0 saturated heterocycles. The minimum absolute atomic E-state index is 0.222. The van der Waals surface area contributed by atoms with Crippen LogP contribution < -0.4 is 10.6 Å². The molecule has 0 aliphatic carbocycles. The maximum atomic E-state index is 13.6. The van der Waals surface area contributed by atoms with Gasteiger partial charge in [0.2, 0.25) is 0 Å². The van der Waals surface area contributed by atoms with Crippen LogP contribution in [0.5, 0.6) is 0 Å². The number of nitrogens with two attached hydrogens (primary N) is 1. The third-order valence-electron chi connectivity index (χ3n) is 2.87. The van der Waals surface area contributed by atoms with E-state index in [2.05, 4.69) is 4.98 Å². The number of hydrogen-bond acceptors (Lipinski definition) is 3. The molecule has 0 saturated carbocycles. The molecule has 2 N–H and O–H groups in total. The Hall–Kier alpha value is -1.94. The molecule has 0 aliphatic heterocycles. The minimum atomic E-state index is -0.253. The number of rotatable bonds is 4. The van der Waals surface area contributed by atoms with E-state index in [4.69, 9.17) is 5.73 Å². The summed E-state index contributed by atoms with van der Waals surface area (Å²) in [6, 6.07) is 9.02. The second kappa shape index (κ2) is 5.60. The summed E-state index contributed by atoms with van der Waals surface area (Å²) in [5, 5.41) is 0. The van der Waals surface area contributed by atoms with Crippen LogP contribution in [0.1, 0.15) is 11.1 Å². The number of aromatic nitrogens is 1. The highest BCUT2D eigenvalue weighted by atomic mass is 19.1. The van der Waals surface area contributed by atoms with Gasteiger partial charge in [0.1, 0.15) is 5.82 Å². The highest BCUT2D eigenvalue weighted by Crippen LogP contribution is 2.19. The van der Waals surface area contributed by atoms with Gasteiger partial charge in [-0.25, -0.2) is 4.39 Å². The van der Waals surface area contributed by atoms with Crippen molar-refractivity contribution in [1.82, 2.24) is 4.98 Å². The predicted molar refractivity (Wildman–Crippen MR) is 70.6 cm³/mol. The van der Waals surface area contributed by atoms with E-state index in [1.54, 1.807) is 18.5 Å². The summed E-state index contributed by atoms with van der Waals surface area (Å²) in [7, 11) is 1.93. The number of pyridine rings is 1. The molecule has 0 radical (unpaired) electrons. The van der Waals surface area contributed by atoms with Crippen molar-refractivity contribution in [2.75, 3.05) is 11.9 Å². The normalized spacial score (nSPS) is 10.4. The molecule has 0 aliphatic rings.